The molecule has 0 spiro atoms. The second-order valence-electron chi connectivity index (χ2n) is 3.52. The van der Waals surface area contributed by atoms with Crippen LogP contribution in [0.3, 0.4) is 0 Å². The van der Waals surface area contributed by atoms with Crippen molar-refractivity contribution in [1.29, 1.82) is 0 Å². The van der Waals surface area contributed by atoms with E-state index in [1.165, 1.54) is 0 Å². The molecule has 0 fully saturated rings. The zero-order valence-corrected chi connectivity index (χ0v) is 8.07. The molecule has 0 saturated carbocycles. The Morgan fingerprint density at radius 3 is 2.69 bits per heavy atom. The summed E-state index contributed by atoms with van der Waals surface area (Å²) in [5.41, 5.74) is 5.40. The van der Waals surface area contributed by atoms with Crippen molar-refractivity contribution in [3.05, 3.63) is 30.1 Å². The number of aliphatic hydroxyl groups is 1. The molecule has 1 aromatic heterocycles. The average molecular weight is 180 g/mol. The summed E-state index contributed by atoms with van der Waals surface area (Å²) < 4.78 is 0. The summed E-state index contributed by atoms with van der Waals surface area (Å²) in [4.78, 5) is 3.97. The molecule has 1 aromatic rings. The normalized spacial score (nSPS) is 15.8. The maximum atomic E-state index is 10.2. The summed E-state index contributed by atoms with van der Waals surface area (Å²) in [6.07, 6.45) is 3.34. The van der Waals surface area contributed by atoms with Gasteiger partial charge in [0.25, 0.3) is 0 Å². The molecule has 13 heavy (non-hydrogen) atoms. The molecule has 1 atom stereocenters. The number of pyridine rings is 1. The zero-order chi connectivity index (χ0) is 9.90. The van der Waals surface area contributed by atoms with Crippen molar-refractivity contribution in [2.75, 3.05) is 6.54 Å². The third-order valence-corrected chi connectivity index (χ3v) is 2.43. The molecule has 0 aliphatic carbocycles. The summed E-state index contributed by atoms with van der Waals surface area (Å²) in [5, 5.41) is 10.2. The molecule has 0 radical (unpaired) electrons. The van der Waals surface area contributed by atoms with Crippen LogP contribution in [0.4, 0.5) is 0 Å². The highest BCUT2D eigenvalue weighted by atomic mass is 16.3. The summed E-state index contributed by atoms with van der Waals surface area (Å²) in [5.74, 6) is 0.0849. The van der Waals surface area contributed by atoms with Crippen molar-refractivity contribution in [3.8, 4) is 0 Å². The first-order valence-electron chi connectivity index (χ1n) is 4.44. The van der Waals surface area contributed by atoms with Gasteiger partial charge in [0.2, 0.25) is 0 Å². The number of nitrogens with two attached hydrogens (primary N) is 1. The Balaban J connectivity index is 3.03. The van der Waals surface area contributed by atoms with E-state index < -0.39 is 5.60 Å². The van der Waals surface area contributed by atoms with Crippen LogP contribution in [0.2, 0.25) is 0 Å². The van der Waals surface area contributed by atoms with Crippen molar-refractivity contribution >= 4 is 0 Å². The van der Waals surface area contributed by atoms with E-state index in [1.807, 2.05) is 19.9 Å². The van der Waals surface area contributed by atoms with E-state index in [1.54, 1.807) is 18.5 Å². The average Bonchev–Trinajstić information content (AvgIpc) is 2.17. The molecule has 0 aliphatic rings. The molecule has 1 heterocycles. The molecule has 3 nitrogen and oxygen atoms in total. The second kappa shape index (κ2) is 3.85. The molecule has 1 rings (SSSR count). The lowest BCUT2D eigenvalue weighted by Gasteiger charge is -2.30. The maximum absolute atomic E-state index is 10.2. The van der Waals surface area contributed by atoms with Crippen molar-refractivity contribution in [2.24, 2.45) is 11.7 Å². The van der Waals surface area contributed by atoms with Gasteiger partial charge in [0.1, 0.15) is 5.60 Å². The molecule has 0 aromatic carbocycles. The van der Waals surface area contributed by atoms with Crippen LogP contribution in [-0.2, 0) is 5.60 Å². The smallest absolute Gasteiger partial charge is 0.106 e. The molecular formula is C10H16N2O. The van der Waals surface area contributed by atoms with Crippen LogP contribution < -0.4 is 5.73 Å². The van der Waals surface area contributed by atoms with E-state index in [0.717, 1.165) is 5.56 Å². The topological polar surface area (TPSA) is 59.1 Å². The standard InChI is InChI=1S/C10H16N2O/c1-8(2)10(13,7-11)9-4-3-5-12-6-9/h3-6,8,13H,7,11H2,1-2H3. The Bertz CT molecular complexity index is 261. The molecule has 72 valence electrons. The number of hydrogen-bond donors (Lipinski definition) is 2. The van der Waals surface area contributed by atoms with E-state index in [9.17, 15) is 5.11 Å². The highest BCUT2D eigenvalue weighted by Gasteiger charge is 2.31. The molecule has 3 N–H and O–H groups in total. The zero-order valence-electron chi connectivity index (χ0n) is 8.07. The van der Waals surface area contributed by atoms with Crippen LogP contribution in [0, 0.1) is 5.92 Å². The van der Waals surface area contributed by atoms with Gasteiger partial charge >= 0.3 is 0 Å². The molecule has 0 saturated heterocycles. The number of rotatable bonds is 3. The first-order chi connectivity index (χ1) is 6.11. The fraction of sp³-hybridized carbons (Fsp3) is 0.500. The molecule has 0 bridgehead atoms. The van der Waals surface area contributed by atoms with Crippen LogP contribution in [0.5, 0.6) is 0 Å². The third kappa shape index (κ3) is 1.87. The lowest BCUT2D eigenvalue weighted by molar-refractivity contribution is -0.00144. The van der Waals surface area contributed by atoms with E-state index in [-0.39, 0.29) is 12.5 Å². The predicted molar refractivity (Wildman–Crippen MR) is 52.0 cm³/mol. The highest BCUT2D eigenvalue weighted by Crippen LogP contribution is 2.27. The van der Waals surface area contributed by atoms with Crippen molar-refractivity contribution in [2.45, 2.75) is 19.4 Å². The number of aromatic nitrogens is 1. The van der Waals surface area contributed by atoms with Crippen molar-refractivity contribution in [3.63, 3.8) is 0 Å². The molecule has 1 unspecified atom stereocenters. The van der Waals surface area contributed by atoms with E-state index in [4.69, 9.17) is 5.73 Å². The Morgan fingerprint density at radius 1 is 1.62 bits per heavy atom. The minimum absolute atomic E-state index is 0.0849. The van der Waals surface area contributed by atoms with Gasteiger partial charge in [-0.15, -0.1) is 0 Å². The first-order valence-corrected chi connectivity index (χ1v) is 4.44. The largest absolute Gasteiger partial charge is 0.384 e. The molecule has 0 amide bonds. The fourth-order valence-corrected chi connectivity index (χ4v) is 1.31. The lowest BCUT2D eigenvalue weighted by Crippen LogP contribution is -2.39. The van der Waals surface area contributed by atoms with Gasteiger partial charge in [0.15, 0.2) is 0 Å². The first kappa shape index (κ1) is 10.2. The highest BCUT2D eigenvalue weighted by molar-refractivity contribution is 5.19. The van der Waals surface area contributed by atoms with Gasteiger partial charge in [-0.3, -0.25) is 4.98 Å². The lowest BCUT2D eigenvalue weighted by atomic mass is 9.84. The van der Waals surface area contributed by atoms with Gasteiger partial charge in [-0.1, -0.05) is 19.9 Å². The van der Waals surface area contributed by atoms with Gasteiger partial charge in [0.05, 0.1) is 0 Å². The van der Waals surface area contributed by atoms with E-state index in [2.05, 4.69) is 4.98 Å². The number of hydrogen-bond acceptors (Lipinski definition) is 3. The van der Waals surface area contributed by atoms with E-state index >= 15 is 0 Å². The summed E-state index contributed by atoms with van der Waals surface area (Å²) in [6, 6.07) is 3.65. The van der Waals surface area contributed by atoms with Gasteiger partial charge in [-0.2, -0.15) is 0 Å². The summed E-state index contributed by atoms with van der Waals surface area (Å²) in [6.45, 7) is 4.11. The fourth-order valence-electron chi connectivity index (χ4n) is 1.31. The molecule has 0 aliphatic heterocycles. The van der Waals surface area contributed by atoms with E-state index in [0.29, 0.717) is 0 Å². The minimum Gasteiger partial charge on any atom is -0.384 e. The van der Waals surface area contributed by atoms with Crippen LogP contribution in [0.25, 0.3) is 0 Å². The van der Waals surface area contributed by atoms with Crippen LogP contribution >= 0.6 is 0 Å². The SMILES string of the molecule is CC(C)C(O)(CN)c1cccnc1. The van der Waals surface area contributed by atoms with Gasteiger partial charge in [-0.05, 0) is 12.0 Å². The van der Waals surface area contributed by atoms with Gasteiger partial charge < -0.3 is 10.8 Å². The Hall–Kier alpha value is -0.930. The molecule has 3 heteroatoms. The quantitative estimate of drug-likeness (QED) is 0.726. The molecular weight excluding hydrogens is 164 g/mol. The monoisotopic (exact) mass is 180 g/mol. The Kier molecular flexibility index (Phi) is 3.01. The van der Waals surface area contributed by atoms with Crippen LogP contribution in [0.15, 0.2) is 24.5 Å². The van der Waals surface area contributed by atoms with Gasteiger partial charge in [0, 0.05) is 24.5 Å². The maximum Gasteiger partial charge on any atom is 0.106 e. The summed E-state index contributed by atoms with van der Waals surface area (Å²) in [7, 11) is 0. The minimum atomic E-state index is -0.950. The summed E-state index contributed by atoms with van der Waals surface area (Å²) >= 11 is 0. The third-order valence-electron chi connectivity index (χ3n) is 2.43. The second-order valence-corrected chi connectivity index (χ2v) is 3.52. The van der Waals surface area contributed by atoms with Gasteiger partial charge in [-0.25, -0.2) is 0 Å². The van der Waals surface area contributed by atoms with Crippen LogP contribution in [-0.4, -0.2) is 16.6 Å². The Morgan fingerprint density at radius 2 is 2.31 bits per heavy atom. The van der Waals surface area contributed by atoms with Crippen LogP contribution in [0.1, 0.15) is 19.4 Å². The van der Waals surface area contributed by atoms with Crippen molar-refractivity contribution < 1.29 is 5.11 Å². The Labute approximate surface area is 78.6 Å². The number of nitrogens with zero attached hydrogens (tertiary/aromatic N) is 1. The predicted octanol–water partition coefficient (Wildman–Crippen LogP) is 0.884. The van der Waals surface area contributed by atoms with Crippen molar-refractivity contribution in [1.82, 2.24) is 4.98 Å².